The molecule has 0 radical (unpaired) electrons. The molecule has 100 valence electrons. The Kier molecular flexibility index (Phi) is 6.08. The fraction of sp³-hybridized carbons (Fsp3) is 0.200. The van der Waals surface area contributed by atoms with E-state index in [1.54, 1.807) is 0 Å². The van der Waals surface area contributed by atoms with Gasteiger partial charge in [-0.3, -0.25) is 0 Å². The van der Waals surface area contributed by atoms with Gasteiger partial charge in [0.15, 0.2) is 0 Å². The van der Waals surface area contributed by atoms with Gasteiger partial charge in [0.25, 0.3) is 0 Å². The Bertz CT molecular complexity index is 451. The summed E-state index contributed by atoms with van der Waals surface area (Å²) in [5.41, 5.74) is 2.48. The molecular weight excluding hydrogens is 342 g/mol. The first-order valence-electron chi connectivity index (χ1n) is 6.06. The van der Waals surface area contributed by atoms with E-state index < -0.39 is 0 Å². The summed E-state index contributed by atoms with van der Waals surface area (Å²) >= 11 is 11.2. The van der Waals surface area contributed by atoms with Crippen LogP contribution in [0.4, 0.5) is 5.69 Å². The Labute approximate surface area is 131 Å². The highest BCUT2D eigenvalue weighted by Crippen LogP contribution is 2.16. The third-order valence-corrected chi connectivity index (χ3v) is 4.41. The van der Waals surface area contributed by atoms with Gasteiger partial charge >= 0.3 is 0 Å². The summed E-state index contributed by atoms with van der Waals surface area (Å²) < 4.78 is 1.11. The van der Waals surface area contributed by atoms with E-state index in [9.17, 15) is 0 Å². The van der Waals surface area contributed by atoms with Crippen molar-refractivity contribution in [3.63, 3.8) is 0 Å². The number of hydrogen-bond acceptors (Lipinski definition) is 2. The van der Waals surface area contributed by atoms with Crippen molar-refractivity contribution >= 4 is 45.0 Å². The lowest BCUT2D eigenvalue weighted by Gasteiger charge is -2.06. The van der Waals surface area contributed by atoms with Gasteiger partial charge in [-0.05, 0) is 42.0 Å². The van der Waals surface area contributed by atoms with Gasteiger partial charge in [-0.1, -0.05) is 39.7 Å². The van der Waals surface area contributed by atoms with Crippen LogP contribution in [0.1, 0.15) is 5.56 Å². The van der Waals surface area contributed by atoms with Crippen LogP contribution in [-0.4, -0.2) is 12.3 Å². The van der Waals surface area contributed by atoms with Crippen molar-refractivity contribution < 1.29 is 0 Å². The number of nitrogens with one attached hydrogen (secondary N) is 1. The maximum absolute atomic E-state index is 5.85. The molecule has 0 aliphatic carbocycles. The molecule has 2 rings (SSSR count). The predicted octanol–water partition coefficient (Wildman–Crippen LogP) is 5.45. The highest BCUT2D eigenvalue weighted by atomic mass is 79.9. The van der Waals surface area contributed by atoms with Crippen molar-refractivity contribution in [2.45, 2.75) is 5.75 Å². The summed E-state index contributed by atoms with van der Waals surface area (Å²) in [6.07, 6.45) is 0. The molecule has 0 aliphatic rings. The summed E-state index contributed by atoms with van der Waals surface area (Å²) in [5, 5.41) is 4.20. The fourth-order valence-electron chi connectivity index (χ4n) is 1.61. The highest BCUT2D eigenvalue weighted by molar-refractivity contribution is 9.10. The zero-order valence-electron chi connectivity index (χ0n) is 10.4. The lowest BCUT2D eigenvalue weighted by atomic mass is 10.2. The maximum atomic E-state index is 5.85. The first-order valence-corrected chi connectivity index (χ1v) is 8.38. The third-order valence-electron chi connectivity index (χ3n) is 2.60. The van der Waals surface area contributed by atoms with E-state index in [-0.39, 0.29) is 0 Å². The summed E-state index contributed by atoms with van der Waals surface area (Å²) in [6.45, 7) is 0.972. The van der Waals surface area contributed by atoms with Gasteiger partial charge in [-0.2, -0.15) is 11.8 Å². The van der Waals surface area contributed by atoms with Crippen molar-refractivity contribution in [1.29, 1.82) is 0 Å². The predicted molar refractivity (Wildman–Crippen MR) is 90.2 cm³/mol. The summed E-state index contributed by atoms with van der Waals surface area (Å²) in [4.78, 5) is 0. The molecule has 0 amide bonds. The summed E-state index contributed by atoms with van der Waals surface area (Å²) in [6, 6.07) is 16.3. The van der Waals surface area contributed by atoms with Crippen LogP contribution in [0.3, 0.4) is 0 Å². The molecule has 1 N–H and O–H groups in total. The van der Waals surface area contributed by atoms with Gasteiger partial charge in [-0.25, -0.2) is 0 Å². The highest BCUT2D eigenvalue weighted by Gasteiger charge is 1.95. The quantitative estimate of drug-likeness (QED) is 0.691. The zero-order chi connectivity index (χ0) is 13.5. The van der Waals surface area contributed by atoms with E-state index in [0.29, 0.717) is 0 Å². The Morgan fingerprint density at radius 3 is 2.37 bits per heavy atom. The van der Waals surface area contributed by atoms with Gasteiger partial charge in [0.1, 0.15) is 0 Å². The monoisotopic (exact) mass is 355 g/mol. The Morgan fingerprint density at radius 2 is 1.68 bits per heavy atom. The minimum absolute atomic E-state index is 0.797. The van der Waals surface area contributed by atoms with Crippen LogP contribution in [-0.2, 0) is 5.75 Å². The van der Waals surface area contributed by atoms with E-state index in [0.717, 1.165) is 33.2 Å². The topological polar surface area (TPSA) is 12.0 Å². The normalized spacial score (nSPS) is 10.4. The minimum Gasteiger partial charge on any atom is -0.384 e. The number of rotatable bonds is 6. The largest absolute Gasteiger partial charge is 0.384 e. The molecule has 4 heteroatoms. The van der Waals surface area contributed by atoms with Crippen LogP contribution >= 0.6 is 39.3 Å². The van der Waals surface area contributed by atoms with Gasteiger partial charge < -0.3 is 5.32 Å². The molecule has 0 atom stereocenters. The molecule has 0 fully saturated rings. The second-order valence-electron chi connectivity index (χ2n) is 4.11. The lowest BCUT2D eigenvalue weighted by molar-refractivity contribution is 1.22. The third kappa shape index (κ3) is 5.47. The number of anilines is 1. The van der Waals surface area contributed by atoms with Gasteiger partial charge in [-0.15, -0.1) is 0 Å². The van der Waals surface area contributed by atoms with Gasteiger partial charge in [0.05, 0.1) is 0 Å². The molecular formula is C15H15BrClNS. The first kappa shape index (κ1) is 14.8. The zero-order valence-corrected chi connectivity index (χ0v) is 13.6. The molecule has 0 unspecified atom stereocenters. The molecule has 0 bridgehead atoms. The van der Waals surface area contributed by atoms with Crippen molar-refractivity contribution in [2.24, 2.45) is 0 Å². The van der Waals surface area contributed by atoms with Crippen molar-refractivity contribution in [3.05, 3.63) is 63.6 Å². The van der Waals surface area contributed by atoms with Gasteiger partial charge in [0.2, 0.25) is 0 Å². The molecule has 0 aromatic heterocycles. The average molecular weight is 357 g/mol. The first-order chi connectivity index (χ1) is 9.24. The molecule has 1 nitrogen and oxygen atoms in total. The summed E-state index contributed by atoms with van der Waals surface area (Å²) in [7, 11) is 0. The maximum Gasteiger partial charge on any atom is 0.0406 e. The summed E-state index contributed by atoms with van der Waals surface area (Å²) in [5.74, 6) is 2.11. The molecule has 2 aromatic rings. The van der Waals surface area contributed by atoms with Crippen LogP contribution in [0.2, 0.25) is 5.02 Å². The second kappa shape index (κ2) is 7.83. The van der Waals surface area contributed by atoms with Crippen LogP contribution in [0.5, 0.6) is 0 Å². The van der Waals surface area contributed by atoms with Crippen molar-refractivity contribution in [2.75, 3.05) is 17.6 Å². The second-order valence-corrected chi connectivity index (χ2v) is 6.57. The fourth-order valence-corrected chi connectivity index (χ4v) is 2.82. The minimum atomic E-state index is 0.797. The van der Waals surface area contributed by atoms with Crippen LogP contribution in [0.15, 0.2) is 53.0 Å². The molecule has 19 heavy (non-hydrogen) atoms. The molecule has 2 aromatic carbocycles. The van der Waals surface area contributed by atoms with Crippen molar-refractivity contribution in [3.8, 4) is 0 Å². The average Bonchev–Trinajstić information content (AvgIpc) is 2.43. The van der Waals surface area contributed by atoms with E-state index in [1.165, 1.54) is 5.56 Å². The van der Waals surface area contributed by atoms with E-state index >= 15 is 0 Å². The number of benzene rings is 2. The van der Waals surface area contributed by atoms with E-state index in [2.05, 4.69) is 45.5 Å². The van der Waals surface area contributed by atoms with Crippen LogP contribution in [0, 0.1) is 0 Å². The van der Waals surface area contributed by atoms with Crippen LogP contribution in [0.25, 0.3) is 0 Å². The number of hydrogen-bond donors (Lipinski definition) is 1. The Balaban J connectivity index is 1.64. The molecule has 0 saturated carbocycles. The van der Waals surface area contributed by atoms with E-state index in [1.807, 2.05) is 36.0 Å². The lowest BCUT2D eigenvalue weighted by Crippen LogP contribution is -2.03. The Morgan fingerprint density at radius 1 is 1.00 bits per heavy atom. The molecule has 0 heterocycles. The smallest absolute Gasteiger partial charge is 0.0406 e. The van der Waals surface area contributed by atoms with E-state index in [4.69, 9.17) is 11.6 Å². The standard InChI is InChI=1S/C15H15BrClNS/c16-13-3-7-15(8-4-13)18-9-10-19-11-12-1-5-14(17)6-2-12/h1-8,18H,9-11H2. The number of halogens is 2. The Hall–Kier alpha value is -0.640. The van der Waals surface area contributed by atoms with Gasteiger partial charge in [0, 0.05) is 33.2 Å². The number of thioether (sulfide) groups is 1. The van der Waals surface area contributed by atoms with Crippen LogP contribution < -0.4 is 5.32 Å². The molecule has 0 spiro atoms. The van der Waals surface area contributed by atoms with Crippen molar-refractivity contribution in [1.82, 2.24) is 0 Å². The molecule has 0 saturated heterocycles. The SMILES string of the molecule is Clc1ccc(CSCCNc2ccc(Br)cc2)cc1. The molecule has 0 aliphatic heterocycles.